The maximum Gasteiger partial charge on any atom is 0.416 e. The molecule has 11 heteroatoms. The predicted octanol–water partition coefficient (Wildman–Crippen LogP) is 2.03. The molecular formula is C15H14F3N4O3V-. The number of halogens is 3. The molecule has 1 radical (unpaired) electrons. The summed E-state index contributed by atoms with van der Waals surface area (Å²) < 4.78 is 36.8. The SMILES string of the molecule is FC(F)(F)c1ccc2c(c1)CCC2.[NH-]C(=O)c1[nH]c(=O)[nH]c(=O)c1N.[V]. The fraction of sp³-hybridized carbons (Fsp3) is 0.267. The molecule has 139 valence electrons. The van der Waals surface area contributed by atoms with E-state index in [1.54, 1.807) is 11.1 Å². The number of anilines is 1. The number of aryl methyl sites for hydroxylation is 2. The molecule has 5 N–H and O–H groups in total. The van der Waals surface area contributed by atoms with Crippen molar-refractivity contribution in [1.29, 1.82) is 0 Å². The zero-order valence-electron chi connectivity index (χ0n) is 13.2. The van der Waals surface area contributed by atoms with Crippen molar-refractivity contribution in [1.82, 2.24) is 9.97 Å². The van der Waals surface area contributed by atoms with Crippen LogP contribution < -0.4 is 17.0 Å². The van der Waals surface area contributed by atoms with Crippen molar-refractivity contribution in [2.45, 2.75) is 25.4 Å². The molecule has 1 aromatic heterocycles. The molecule has 1 heterocycles. The molecule has 1 aromatic carbocycles. The van der Waals surface area contributed by atoms with Crippen LogP contribution in [0.1, 0.15) is 33.6 Å². The average molecular weight is 406 g/mol. The van der Waals surface area contributed by atoms with Crippen LogP contribution in [-0.4, -0.2) is 15.9 Å². The van der Waals surface area contributed by atoms with Crippen LogP contribution >= 0.6 is 0 Å². The van der Waals surface area contributed by atoms with Crippen molar-refractivity contribution in [3.05, 3.63) is 67.2 Å². The molecule has 0 saturated carbocycles. The predicted molar refractivity (Wildman–Crippen MR) is 84.2 cm³/mol. The first-order valence-electron chi connectivity index (χ1n) is 7.16. The number of nitrogen functional groups attached to an aromatic ring is 1. The van der Waals surface area contributed by atoms with Crippen molar-refractivity contribution in [3.63, 3.8) is 0 Å². The smallest absolute Gasteiger partial charge is 0.416 e. The Bertz CT molecular complexity index is 922. The Hall–Kier alpha value is -2.46. The largest absolute Gasteiger partial charge is 0.662 e. The standard InChI is InChI=1S/C10H9F3.C5H6N4O3.V/c11-10(12,13)9-5-4-7-2-1-3-8(7)6-9;6-1-2(3(7)10)8-5(12)9-4(1)11;/h4-6H,1-3H2;(H6,6,7,8,9,10,11,12);/p-1. The quantitative estimate of drug-likeness (QED) is 0.668. The van der Waals surface area contributed by atoms with Gasteiger partial charge in [0.05, 0.1) is 17.2 Å². The third kappa shape index (κ3) is 5.02. The van der Waals surface area contributed by atoms with Gasteiger partial charge in [0.2, 0.25) is 0 Å². The zero-order valence-corrected chi connectivity index (χ0v) is 14.6. The molecule has 0 bridgehead atoms. The second-order valence-corrected chi connectivity index (χ2v) is 5.36. The molecule has 0 fully saturated rings. The molecule has 7 nitrogen and oxygen atoms in total. The Morgan fingerprint density at radius 1 is 1.12 bits per heavy atom. The van der Waals surface area contributed by atoms with Gasteiger partial charge in [-0.2, -0.15) is 13.2 Å². The molecule has 2 aromatic rings. The van der Waals surface area contributed by atoms with E-state index in [2.05, 4.69) is 0 Å². The van der Waals surface area contributed by atoms with Crippen LogP contribution in [0.3, 0.4) is 0 Å². The summed E-state index contributed by atoms with van der Waals surface area (Å²) in [6.07, 6.45) is -1.50. The average Bonchev–Trinajstić information content (AvgIpc) is 2.98. The molecule has 0 unspecified atom stereocenters. The topological polar surface area (TPSA) is 133 Å². The minimum Gasteiger partial charge on any atom is -0.662 e. The molecule has 1 aliphatic rings. The second kappa shape index (κ2) is 8.28. The number of hydrogen-bond acceptors (Lipinski definition) is 4. The summed E-state index contributed by atoms with van der Waals surface area (Å²) in [6, 6.07) is 4.05. The first-order chi connectivity index (χ1) is 11.6. The number of hydrogen-bond donors (Lipinski definition) is 3. The third-order valence-corrected chi connectivity index (χ3v) is 3.63. The Morgan fingerprint density at radius 3 is 2.31 bits per heavy atom. The third-order valence-electron chi connectivity index (χ3n) is 3.63. The first-order valence-corrected chi connectivity index (χ1v) is 7.16. The van der Waals surface area contributed by atoms with Gasteiger partial charge in [-0.15, -0.1) is 0 Å². The van der Waals surface area contributed by atoms with Gasteiger partial charge in [0.1, 0.15) is 5.69 Å². The minimum absolute atomic E-state index is 0. The van der Waals surface area contributed by atoms with Crippen LogP contribution in [-0.2, 0) is 37.6 Å². The van der Waals surface area contributed by atoms with Crippen molar-refractivity contribution in [2.24, 2.45) is 0 Å². The Morgan fingerprint density at radius 2 is 1.73 bits per heavy atom. The number of H-pyrrole nitrogens is 2. The van der Waals surface area contributed by atoms with Crippen molar-refractivity contribution >= 4 is 11.6 Å². The maximum atomic E-state index is 12.3. The summed E-state index contributed by atoms with van der Waals surface area (Å²) in [4.78, 5) is 35.5. The number of nitrogens with two attached hydrogens (primary N) is 1. The Balaban J connectivity index is 0.000000251. The summed E-state index contributed by atoms with van der Waals surface area (Å²) in [5.74, 6) is -1.20. The van der Waals surface area contributed by atoms with E-state index in [9.17, 15) is 27.6 Å². The van der Waals surface area contributed by atoms with Gasteiger partial charge in [0, 0.05) is 18.6 Å². The fourth-order valence-electron chi connectivity index (χ4n) is 2.42. The molecule has 0 atom stereocenters. The van der Waals surface area contributed by atoms with Gasteiger partial charge in [-0.3, -0.25) is 9.78 Å². The van der Waals surface area contributed by atoms with E-state index < -0.39 is 40.3 Å². The number of fused-ring (bicyclic) bond motifs is 1. The van der Waals surface area contributed by atoms with E-state index in [4.69, 9.17) is 11.5 Å². The first kappa shape index (κ1) is 21.6. The van der Waals surface area contributed by atoms with Gasteiger partial charge in [-0.1, -0.05) is 6.07 Å². The molecular weight excluding hydrogens is 392 g/mol. The molecule has 3 rings (SSSR count). The summed E-state index contributed by atoms with van der Waals surface area (Å²) in [5, 5.41) is 0. The van der Waals surface area contributed by atoms with E-state index in [1.807, 2.05) is 4.98 Å². The number of alkyl halides is 3. The Kier molecular flexibility index (Phi) is 6.88. The van der Waals surface area contributed by atoms with E-state index >= 15 is 0 Å². The van der Waals surface area contributed by atoms with E-state index in [0.717, 1.165) is 30.4 Å². The monoisotopic (exact) mass is 406 g/mol. The van der Waals surface area contributed by atoms with Crippen LogP contribution in [0.4, 0.5) is 18.9 Å². The van der Waals surface area contributed by atoms with Gasteiger partial charge >= 0.3 is 11.9 Å². The van der Waals surface area contributed by atoms with Crippen molar-refractivity contribution < 1.29 is 36.5 Å². The second-order valence-electron chi connectivity index (χ2n) is 5.36. The number of nitrogens with one attached hydrogen (secondary N) is 3. The molecule has 0 saturated heterocycles. The van der Waals surface area contributed by atoms with Crippen LogP contribution in [0, 0.1) is 0 Å². The summed E-state index contributed by atoms with van der Waals surface area (Å²) in [7, 11) is 0. The fourth-order valence-corrected chi connectivity index (χ4v) is 2.42. The van der Waals surface area contributed by atoms with Crippen LogP contribution in [0.15, 0.2) is 27.8 Å². The molecule has 1 aliphatic carbocycles. The number of rotatable bonds is 1. The number of aromatic nitrogens is 2. The van der Waals surface area contributed by atoms with Crippen molar-refractivity contribution in [2.75, 3.05) is 5.73 Å². The Labute approximate surface area is 156 Å². The van der Waals surface area contributed by atoms with E-state index in [1.165, 1.54) is 12.1 Å². The maximum absolute atomic E-state index is 12.3. The number of aromatic amines is 2. The molecule has 0 aliphatic heterocycles. The van der Waals surface area contributed by atoms with Crippen LogP contribution in [0.25, 0.3) is 5.73 Å². The van der Waals surface area contributed by atoms with Gasteiger partial charge < -0.3 is 21.2 Å². The van der Waals surface area contributed by atoms with Gasteiger partial charge in [-0.25, -0.2) is 4.79 Å². The molecule has 26 heavy (non-hydrogen) atoms. The summed E-state index contributed by atoms with van der Waals surface area (Å²) in [5.41, 5.74) is 10.5. The number of carbonyl (C=O) groups is 1. The number of carbonyl (C=O) groups excluding carboxylic acids is 1. The summed E-state index contributed by atoms with van der Waals surface area (Å²) >= 11 is 0. The zero-order chi connectivity index (χ0) is 18.8. The van der Waals surface area contributed by atoms with Gasteiger partial charge in [0.15, 0.2) is 0 Å². The minimum atomic E-state index is -4.20. The van der Waals surface area contributed by atoms with E-state index in [-0.39, 0.29) is 18.6 Å². The van der Waals surface area contributed by atoms with Gasteiger partial charge in [-0.05, 0) is 42.5 Å². The van der Waals surface area contributed by atoms with Gasteiger partial charge in [0.25, 0.3) is 5.56 Å². The molecule has 0 spiro atoms. The van der Waals surface area contributed by atoms with E-state index in [0.29, 0.717) is 0 Å². The van der Waals surface area contributed by atoms with Crippen molar-refractivity contribution in [3.8, 4) is 0 Å². The van der Waals surface area contributed by atoms with Crippen LogP contribution in [0.2, 0.25) is 0 Å². The summed E-state index contributed by atoms with van der Waals surface area (Å²) in [6.45, 7) is 0. The normalized spacial score (nSPS) is 12.4. The van der Waals surface area contributed by atoms with Crippen LogP contribution in [0.5, 0.6) is 0 Å². The number of benzene rings is 1. The molecule has 1 amide bonds. The number of amides is 1.